The predicted molar refractivity (Wildman–Crippen MR) is 112 cm³/mol. The van der Waals surface area contributed by atoms with E-state index in [0.717, 1.165) is 41.2 Å². The Morgan fingerprint density at radius 3 is 2.48 bits per heavy atom. The Morgan fingerprint density at radius 1 is 1.10 bits per heavy atom. The summed E-state index contributed by atoms with van der Waals surface area (Å²) >= 11 is 0. The van der Waals surface area contributed by atoms with Gasteiger partial charge in [0, 0.05) is 11.5 Å². The summed E-state index contributed by atoms with van der Waals surface area (Å²) in [5.41, 5.74) is 3.90. The first-order valence-electron chi connectivity index (χ1n) is 9.76. The van der Waals surface area contributed by atoms with E-state index < -0.39 is 0 Å². The molecule has 1 N–H and O–H groups in total. The van der Waals surface area contributed by atoms with Gasteiger partial charge in [-0.1, -0.05) is 24.3 Å². The lowest BCUT2D eigenvalue weighted by atomic mass is 10.1. The average molecular weight is 391 g/mol. The highest BCUT2D eigenvalue weighted by molar-refractivity contribution is 5.92. The summed E-state index contributed by atoms with van der Waals surface area (Å²) in [6.45, 7) is 2.03. The van der Waals surface area contributed by atoms with E-state index in [1.54, 1.807) is 14.2 Å². The Bertz CT molecular complexity index is 1020. The van der Waals surface area contributed by atoms with E-state index in [0.29, 0.717) is 17.4 Å². The fraction of sp³-hybridized carbons (Fsp3) is 0.304. The molecule has 0 bridgehead atoms. The lowest BCUT2D eigenvalue weighted by Gasteiger charge is -2.12. The second kappa shape index (κ2) is 7.99. The van der Waals surface area contributed by atoms with Crippen molar-refractivity contribution in [2.45, 2.75) is 32.1 Å². The normalized spacial score (nSPS) is 13.2. The Morgan fingerprint density at radius 2 is 1.83 bits per heavy atom. The predicted octanol–water partition coefficient (Wildman–Crippen LogP) is 4.26. The van der Waals surface area contributed by atoms with Crippen LogP contribution in [0.4, 0.5) is 5.82 Å². The van der Waals surface area contributed by atoms with Crippen LogP contribution in [0.25, 0.3) is 5.69 Å². The maximum Gasteiger partial charge on any atom is 0.229 e. The van der Waals surface area contributed by atoms with Gasteiger partial charge in [0.05, 0.1) is 32.0 Å². The monoisotopic (exact) mass is 391 g/mol. The van der Waals surface area contributed by atoms with Crippen molar-refractivity contribution in [3.8, 4) is 17.2 Å². The standard InChI is InChI=1S/C23H25N3O3/c1-15-22(17-10-11-17)25-26(18-7-5-4-6-8-18)23(15)24-21(27)14-16-9-12-19(28-2)20(13-16)29-3/h4-9,12-13,17H,10-11,14H2,1-3H3,(H,24,27). The minimum absolute atomic E-state index is 0.0975. The molecule has 0 unspecified atom stereocenters. The molecular weight excluding hydrogens is 366 g/mol. The zero-order valence-electron chi connectivity index (χ0n) is 16.9. The topological polar surface area (TPSA) is 65.4 Å². The number of para-hydroxylation sites is 1. The van der Waals surface area contributed by atoms with Gasteiger partial charge in [0.1, 0.15) is 5.82 Å². The van der Waals surface area contributed by atoms with Crippen LogP contribution in [0.5, 0.6) is 11.5 Å². The molecule has 6 heteroatoms. The van der Waals surface area contributed by atoms with Crippen LogP contribution in [0.3, 0.4) is 0 Å². The molecule has 6 nitrogen and oxygen atoms in total. The largest absolute Gasteiger partial charge is 0.493 e. The smallest absolute Gasteiger partial charge is 0.229 e. The van der Waals surface area contributed by atoms with Gasteiger partial charge in [-0.25, -0.2) is 4.68 Å². The molecule has 150 valence electrons. The number of nitrogens with zero attached hydrogens (tertiary/aromatic N) is 2. The number of methoxy groups -OCH3 is 2. The van der Waals surface area contributed by atoms with Crippen molar-refractivity contribution in [2.24, 2.45) is 0 Å². The first-order valence-corrected chi connectivity index (χ1v) is 9.76. The minimum Gasteiger partial charge on any atom is -0.493 e. The third kappa shape index (κ3) is 3.97. The Labute approximate surface area is 170 Å². The van der Waals surface area contributed by atoms with Gasteiger partial charge in [0.25, 0.3) is 0 Å². The first kappa shape index (κ1) is 19.1. The molecule has 1 aliphatic carbocycles. The third-order valence-electron chi connectivity index (χ3n) is 5.19. The van der Waals surface area contributed by atoms with Crippen LogP contribution in [-0.4, -0.2) is 29.9 Å². The van der Waals surface area contributed by atoms with Crippen LogP contribution < -0.4 is 14.8 Å². The molecule has 29 heavy (non-hydrogen) atoms. The van der Waals surface area contributed by atoms with E-state index in [4.69, 9.17) is 14.6 Å². The molecule has 1 aliphatic rings. The van der Waals surface area contributed by atoms with Crippen LogP contribution in [0.1, 0.15) is 35.6 Å². The van der Waals surface area contributed by atoms with Gasteiger partial charge in [-0.05, 0) is 49.6 Å². The van der Waals surface area contributed by atoms with Crippen LogP contribution >= 0.6 is 0 Å². The number of carbonyl (C=O) groups excluding carboxylic acids is 1. The number of anilines is 1. The van der Waals surface area contributed by atoms with Crippen molar-refractivity contribution in [3.05, 3.63) is 65.4 Å². The summed E-state index contributed by atoms with van der Waals surface area (Å²) in [5.74, 6) is 2.40. The van der Waals surface area contributed by atoms with Crippen molar-refractivity contribution in [1.82, 2.24) is 9.78 Å². The molecule has 0 saturated heterocycles. The number of carbonyl (C=O) groups is 1. The van der Waals surface area contributed by atoms with E-state index in [-0.39, 0.29) is 12.3 Å². The summed E-state index contributed by atoms with van der Waals surface area (Å²) in [6.07, 6.45) is 2.55. The minimum atomic E-state index is -0.0975. The Balaban J connectivity index is 1.59. The van der Waals surface area contributed by atoms with Crippen molar-refractivity contribution in [2.75, 3.05) is 19.5 Å². The number of hydrogen-bond acceptors (Lipinski definition) is 4. The Kier molecular flexibility index (Phi) is 5.25. The zero-order chi connectivity index (χ0) is 20.4. The van der Waals surface area contributed by atoms with Gasteiger partial charge in [0.2, 0.25) is 5.91 Å². The quantitative estimate of drug-likeness (QED) is 0.654. The number of aromatic nitrogens is 2. The molecule has 4 rings (SSSR count). The third-order valence-corrected chi connectivity index (χ3v) is 5.19. The number of benzene rings is 2. The molecule has 2 aromatic carbocycles. The van der Waals surface area contributed by atoms with Crippen molar-refractivity contribution >= 4 is 11.7 Å². The van der Waals surface area contributed by atoms with Crippen LogP contribution in [0, 0.1) is 6.92 Å². The van der Waals surface area contributed by atoms with Crippen LogP contribution in [0.15, 0.2) is 48.5 Å². The van der Waals surface area contributed by atoms with Crippen LogP contribution in [0.2, 0.25) is 0 Å². The number of nitrogens with one attached hydrogen (secondary N) is 1. The van der Waals surface area contributed by atoms with E-state index in [1.807, 2.05) is 60.1 Å². The van der Waals surface area contributed by atoms with E-state index in [9.17, 15) is 4.79 Å². The Hall–Kier alpha value is -3.28. The maximum atomic E-state index is 12.8. The number of hydrogen-bond donors (Lipinski definition) is 1. The number of ether oxygens (including phenoxy) is 2. The summed E-state index contributed by atoms with van der Waals surface area (Å²) < 4.78 is 12.4. The van der Waals surface area contributed by atoms with Gasteiger partial charge in [0.15, 0.2) is 11.5 Å². The molecule has 1 fully saturated rings. The van der Waals surface area contributed by atoms with Crippen molar-refractivity contribution in [3.63, 3.8) is 0 Å². The lowest BCUT2D eigenvalue weighted by Crippen LogP contribution is -2.18. The molecule has 1 heterocycles. The highest BCUT2D eigenvalue weighted by atomic mass is 16.5. The van der Waals surface area contributed by atoms with Gasteiger partial charge >= 0.3 is 0 Å². The number of amides is 1. The summed E-state index contributed by atoms with van der Waals surface area (Å²) in [4.78, 5) is 12.8. The second-order valence-corrected chi connectivity index (χ2v) is 7.29. The molecule has 1 aromatic heterocycles. The van der Waals surface area contributed by atoms with E-state index in [2.05, 4.69) is 5.32 Å². The molecule has 1 amide bonds. The average Bonchev–Trinajstić information content (AvgIpc) is 3.54. The summed E-state index contributed by atoms with van der Waals surface area (Å²) in [6, 6.07) is 15.4. The van der Waals surface area contributed by atoms with Crippen LogP contribution in [-0.2, 0) is 11.2 Å². The molecule has 0 spiro atoms. The molecular formula is C23H25N3O3. The molecule has 0 radical (unpaired) electrons. The fourth-order valence-electron chi connectivity index (χ4n) is 3.51. The highest BCUT2D eigenvalue weighted by Gasteiger charge is 2.31. The SMILES string of the molecule is COc1ccc(CC(=O)Nc2c(C)c(C3CC3)nn2-c2ccccc2)cc1OC. The first-order chi connectivity index (χ1) is 14.1. The van der Waals surface area contributed by atoms with E-state index in [1.165, 1.54) is 0 Å². The fourth-order valence-corrected chi connectivity index (χ4v) is 3.51. The zero-order valence-corrected chi connectivity index (χ0v) is 16.9. The van der Waals surface area contributed by atoms with Gasteiger partial charge < -0.3 is 14.8 Å². The van der Waals surface area contributed by atoms with E-state index >= 15 is 0 Å². The van der Waals surface area contributed by atoms with Gasteiger partial charge in [-0.2, -0.15) is 5.10 Å². The van der Waals surface area contributed by atoms with Crippen molar-refractivity contribution in [1.29, 1.82) is 0 Å². The van der Waals surface area contributed by atoms with Gasteiger partial charge in [-0.3, -0.25) is 4.79 Å². The molecule has 0 atom stereocenters. The molecule has 3 aromatic rings. The number of rotatable bonds is 7. The lowest BCUT2D eigenvalue weighted by molar-refractivity contribution is -0.115. The van der Waals surface area contributed by atoms with Crippen molar-refractivity contribution < 1.29 is 14.3 Å². The maximum absolute atomic E-state index is 12.8. The van der Waals surface area contributed by atoms with Gasteiger partial charge in [-0.15, -0.1) is 0 Å². The molecule has 1 saturated carbocycles. The summed E-state index contributed by atoms with van der Waals surface area (Å²) in [5, 5.41) is 7.90. The summed E-state index contributed by atoms with van der Waals surface area (Å²) in [7, 11) is 3.18. The molecule has 0 aliphatic heterocycles. The second-order valence-electron chi connectivity index (χ2n) is 7.29. The highest BCUT2D eigenvalue weighted by Crippen LogP contribution is 2.43.